The van der Waals surface area contributed by atoms with Gasteiger partial charge in [-0.3, -0.25) is 4.90 Å². The van der Waals surface area contributed by atoms with Gasteiger partial charge in [-0.15, -0.1) is 0 Å². The molecule has 1 unspecified atom stereocenters. The second-order valence-electron chi connectivity index (χ2n) is 6.07. The predicted octanol–water partition coefficient (Wildman–Crippen LogP) is 4.22. The average Bonchev–Trinajstić information content (AvgIpc) is 2.50. The second kappa shape index (κ2) is 7.08. The van der Waals surface area contributed by atoms with Crippen LogP contribution < -0.4 is 5.32 Å². The van der Waals surface area contributed by atoms with E-state index < -0.39 is 0 Å². The van der Waals surface area contributed by atoms with Crippen LogP contribution in [0, 0.1) is 5.82 Å². The van der Waals surface area contributed by atoms with E-state index in [-0.39, 0.29) is 11.4 Å². The Balaban J connectivity index is 2.17. The van der Waals surface area contributed by atoms with Crippen LogP contribution >= 0.6 is 11.6 Å². The van der Waals surface area contributed by atoms with Gasteiger partial charge >= 0.3 is 0 Å². The topological polar surface area (TPSA) is 15.3 Å². The number of piperazine rings is 1. The van der Waals surface area contributed by atoms with Crippen molar-refractivity contribution in [2.45, 2.75) is 58.2 Å². The summed E-state index contributed by atoms with van der Waals surface area (Å²) in [5.74, 6) is -0.271. The minimum Gasteiger partial charge on any atom is -0.308 e. The molecule has 1 fully saturated rings. The first kappa shape index (κ1) is 16.7. The van der Waals surface area contributed by atoms with E-state index in [9.17, 15) is 4.39 Å². The molecule has 0 aromatic heterocycles. The Morgan fingerprint density at radius 1 is 1.33 bits per heavy atom. The van der Waals surface area contributed by atoms with Crippen molar-refractivity contribution in [3.05, 3.63) is 34.6 Å². The Hall–Kier alpha value is -0.640. The van der Waals surface area contributed by atoms with Gasteiger partial charge in [0.15, 0.2) is 0 Å². The number of hydrogen-bond donors (Lipinski definition) is 1. The standard InChI is InChI=1S/C17H26ClFN2/c1-4-15-10-20-17(5-2,6-3)12-21(15)11-13-7-8-14(19)9-16(13)18/h7-9,15,20H,4-6,10-12H2,1-3H3. The van der Waals surface area contributed by atoms with Gasteiger partial charge in [-0.25, -0.2) is 4.39 Å². The summed E-state index contributed by atoms with van der Waals surface area (Å²) in [6, 6.07) is 5.23. The highest BCUT2D eigenvalue weighted by atomic mass is 35.5. The monoisotopic (exact) mass is 312 g/mol. The lowest BCUT2D eigenvalue weighted by Crippen LogP contribution is -2.63. The van der Waals surface area contributed by atoms with Gasteiger partial charge < -0.3 is 5.32 Å². The molecule has 1 aromatic rings. The molecule has 0 bridgehead atoms. The van der Waals surface area contributed by atoms with Crippen LogP contribution in [0.3, 0.4) is 0 Å². The van der Waals surface area contributed by atoms with Crippen molar-refractivity contribution in [1.29, 1.82) is 0 Å². The van der Waals surface area contributed by atoms with Crippen LogP contribution in [-0.2, 0) is 6.54 Å². The number of hydrogen-bond acceptors (Lipinski definition) is 2. The molecule has 118 valence electrons. The zero-order valence-corrected chi connectivity index (χ0v) is 14.0. The molecule has 21 heavy (non-hydrogen) atoms. The van der Waals surface area contributed by atoms with Crippen molar-refractivity contribution < 1.29 is 4.39 Å². The highest BCUT2D eigenvalue weighted by molar-refractivity contribution is 6.31. The van der Waals surface area contributed by atoms with Crippen LogP contribution in [-0.4, -0.2) is 29.6 Å². The predicted molar refractivity (Wildman–Crippen MR) is 87.2 cm³/mol. The number of benzene rings is 1. The van der Waals surface area contributed by atoms with Gasteiger partial charge in [-0.2, -0.15) is 0 Å². The van der Waals surface area contributed by atoms with E-state index in [0.717, 1.165) is 44.5 Å². The molecule has 4 heteroatoms. The summed E-state index contributed by atoms with van der Waals surface area (Å²) < 4.78 is 13.2. The van der Waals surface area contributed by atoms with Gasteiger partial charge in [0, 0.05) is 36.2 Å². The summed E-state index contributed by atoms with van der Waals surface area (Å²) in [6.07, 6.45) is 3.34. The molecule has 0 aliphatic carbocycles. The van der Waals surface area contributed by atoms with Gasteiger partial charge in [0.2, 0.25) is 0 Å². The minimum absolute atomic E-state index is 0.193. The van der Waals surface area contributed by atoms with E-state index in [0.29, 0.717) is 11.1 Å². The molecule has 2 nitrogen and oxygen atoms in total. The molecular formula is C17H26ClFN2. The van der Waals surface area contributed by atoms with Gasteiger partial charge in [-0.05, 0) is 37.0 Å². The molecule has 0 spiro atoms. The highest BCUT2D eigenvalue weighted by Crippen LogP contribution is 2.27. The lowest BCUT2D eigenvalue weighted by atomic mass is 9.88. The SMILES string of the molecule is CCC1CNC(CC)(CC)CN1Cc1ccc(F)cc1Cl. The first-order valence-electron chi connectivity index (χ1n) is 7.96. The van der Waals surface area contributed by atoms with E-state index in [4.69, 9.17) is 11.6 Å². The number of halogens is 2. The molecular weight excluding hydrogens is 287 g/mol. The Morgan fingerprint density at radius 3 is 2.62 bits per heavy atom. The molecule has 1 saturated heterocycles. The van der Waals surface area contributed by atoms with E-state index in [2.05, 4.69) is 31.0 Å². The first-order chi connectivity index (χ1) is 10.0. The maximum Gasteiger partial charge on any atom is 0.124 e. The molecule has 1 atom stereocenters. The fourth-order valence-corrected chi connectivity index (χ4v) is 3.44. The molecule has 1 aliphatic heterocycles. The summed E-state index contributed by atoms with van der Waals surface area (Å²) >= 11 is 6.20. The van der Waals surface area contributed by atoms with Crippen LogP contribution in [0.5, 0.6) is 0 Å². The average molecular weight is 313 g/mol. The second-order valence-corrected chi connectivity index (χ2v) is 6.48. The van der Waals surface area contributed by atoms with Crippen molar-refractivity contribution >= 4 is 11.6 Å². The van der Waals surface area contributed by atoms with E-state index in [1.165, 1.54) is 12.1 Å². The van der Waals surface area contributed by atoms with Crippen LogP contribution in [0.25, 0.3) is 0 Å². The molecule has 1 aromatic carbocycles. The highest BCUT2D eigenvalue weighted by Gasteiger charge is 2.36. The zero-order chi connectivity index (χ0) is 15.5. The van der Waals surface area contributed by atoms with Crippen molar-refractivity contribution in [2.24, 2.45) is 0 Å². The lowest BCUT2D eigenvalue weighted by molar-refractivity contribution is 0.0643. The summed E-state index contributed by atoms with van der Waals surface area (Å²) in [6.45, 7) is 9.53. The van der Waals surface area contributed by atoms with Crippen molar-refractivity contribution in [2.75, 3.05) is 13.1 Å². The lowest BCUT2D eigenvalue weighted by Gasteiger charge is -2.47. The maximum absolute atomic E-state index is 13.2. The molecule has 2 rings (SSSR count). The summed E-state index contributed by atoms with van der Waals surface area (Å²) in [4.78, 5) is 2.50. The number of rotatable bonds is 5. The van der Waals surface area contributed by atoms with Crippen molar-refractivity contribution in [3.63, 3.8) is 0 Å². The Kier molecular flexibility index (Phi) is 5.64. The van der Waals surface area contributed by atoms with Gasteiger partial charge in [0.25, 0.3) is 0 Å². The maximum atomic E-state index is 13.2. The quantitative estimate of drug-likeness (QED) is 0.875. The third kappa shape index (κ3) is 3.77. The van der Waals surface area contributed by atoms with Crippen LogP contribution in [0.15, 0.2) is 18.2 Å². The summed E-state index contributed by atoms with van der Waals surface area (Å²) in [5, 5.41) is 4.27. The largest absolute Gasteiger partial charge is 0.308 e. The van der Waals surface area contributed by atoms with Gasteiger partial charge in [0.1, 0.15) is 5.82 Å². The Bertz CT molecular complexity index is 474. The molecule has 1 heterocycles. The summed E-state index contributed by atoms with van der Waals surface area (Å²) in [7, 11) is 0. The Morgan fingerprint density at radius 2 is 2.05 bits per heavy atom. The van der Waals surface area contributed by atoms with Crippen LogP contribution in [0.1, 0.15) is 45.6 Å². The third-order valence-electron chi connectivity index (χ3n) is 4.95. The first-order valence-corrected chi connectivity index (χ1v) is 8.34. The zero-order valence-electron chi connectivity index (χ0n) is 13.3. The van der Waals surface area contributed by atoms with Crippen molar-refractivity contribution in [1.82, 2.24) is 10.2 Å². The number of nitrogens with one attached hydrogen (secondary N) is 1. The van der Waals surface area contributed by atoms with E-state index in [1.54, 1.807) is 0 Å². The van der Waals surface area contributed by atoms with E-state index >= 15 is 0 Å². The normalized spacial score (nSPS) is 22.4. The summed E-state index contributed by atoms with van der Waals surface area (Å²) in [5.41, 5.74) is 1.21. The molecule has 1 N–H and O–H groups in total. The van der Waals surface area contributed by atoms with Crippen LogP contribution in [0.2, 0.25) is 5.02 Å². The fraction of sp³-hybridized carbons (Fsp3) is 0.647. The molecule has 1 aliphatic rings. The number of nitrogens with zero attached hydrogens (tertiary/aromatic N) is 1. The van der Waals surface area contributed by atoms with Gasteiger partial charge in [0.05, 0.1) is 0 Å². The minimum atomic E-state index is -0.271. The smallest absolute Gasteiger partial charge is 0.124 e. The van der Waals surface area contributed by atoms with Crippen molar-refractivity contribution in [3.8, 4) is 0 Å². The fourth-order valence-electron chi connectivity index (χ4n) is 3.22. The third-order valence-corrected chi connectivity index (χ3v) is 5.30. The molecule has 0 amide bonds. The molecule has 0 saturated carbocycles. The molecule has 0 radical (unpaired) electrons. The Labute approximate surface area is 132 Å². The van der Waals surface area contributed by atoms with Crippen LogP contribution in [0.4, 0.5) is 4.39 Å². The van der Waals surface area contributed by atoms with E-state index in [1.807, 2.05) is 6.07 Å². The van der Waals surface area contributed by atoms with Gasteiger partial charge in [-0.1, -0.05) is 38.4 Å².